The highest BCUT2D eigenvalue weighted by atomic mass is 35.5. The molecule has 1 aliphatic rings. The van der Waals surface area contributed by atoms with E-state index >= 15 is 0 Å². The lowest BCUT2D eigenvalue weighted by molar-refractivity contribution is -0.149. The zero-order valence-corrected chi connectivity index (χ0v) is 15.5. The van der Waals surface area contributed by atoms with E-state index in [9.17, 15) is 9.59 Å². The van der Waals surface area contributed by atoms with E-state index in [1.165, 1.54) is 4.90 Å². The summed E-state index contributed by atoms with van der Waals surface area (Å²) in [4.78, 5) is 25.7. The van der Waals surface area contributed by atoms with Crippen LogP contribution in [0, 0.1) is 0 Å². The van der Waals surface area contributed by atoms with Gasteiger partial charge in [0.1, 0.15) is 10.9 Å². The smallest absolute Gasteiger partial charge is 0.326 e. The summed E-state index contributed by atoms with van der Waals surface area (Å²) in [7, 11) is 0. The largest absolute Gasteiger partial charge is 0.462 e. The zero-order chi connectivity index (χ0) is 17.1. The predicted molar refractivity (Wildman–Crippen MR) is 97.6 cm³/mol. The number of thiocarbonyl (C=S) groups is 1. The Labute approximate surface area is 153 Å². The molecule has 8 heteroatoms. The topological polar surface area (TPSA) is 46.6 Å². The molecule has 1 aromatic rings. The van der Waals surface area contributed by atoms with Gasteiger partial charge in [0.15, 0.2) is 0 Å². The highest BCUT2D eigenvalue weighted by Gasteiger charge is 2.34. The number of rotatable bonds is 4. The predicted octanol–water partition coefficient (Wildman–Crippen LogP) is 4.15. The highest BCUT2D eigenvalue weighted by molar-refractivity contribution is 8.26. The quantitative estimate of drug-likeness (QED) is 0.439. The third-order valence-corrected chi connectivity index (χ3v) is 4.84. The van der Waals surface area contributed by atoms with Crippen molar-refractivity contribution in [2.45, 2.75) is 20.0 Å². The van der Waals surface area contributed by atoms with Crippen LogP contribution in [0.3, 0.4) is 0 Å². The molecule has 0 bridgehead atoms. The second-order valence-electron chi connectivity index (χ2n) is 4.94. The molecular weight excluding hydrogens is 377 g/mol. The summed E-state index contributed by atoms with van der Waals surface area (Å²) >= 11 is 18.5. The van der Waals surface area contributed by atoms with Gasteiger partial charge in [-0.3, -0.25) is 14.5 Å². The molecular formula is C15H13Cl2NO3S2. The minimum atomic E-state index is -0.506. The Kier molecular flexibility index (Phi) is 6.08. The van der Waals surface area contributed by atoms with Gasteiger partial charge in [-0.2, -0.15) is 0 Å². The molecule has 0 aliphatic carbocycles. The van der Waals surface area contributed by atoms with Crippen LogP contribution < -0.4 is 0 Å². The van der Waals surface area contributed by atoms with Crippen molar-refractivity contribution in [1.82, 2.24) is 4.90 Å². The van der Waals surface area contributed by atoms with Gasteiger partial charge < -0.3 is 4.74 Å². The van der Waals surface area contributed by atoms with Crippen LogP contribution in [0.2, 0.25) is 10.0 Å². The van der Waals surface area contributed by atoms with Crippen molar-refractivity contribution in [2.75, 3.05) is 6.54 Å². The first-order valence-electron chi connectivity index (χ1n) is 6.68. The van der Waals surface area contributed by atoms with Crippen molar-refractivity contribution in [3.8, 4) is 0 Å². The van der Waals surface area contributed by atoms with E-state index in [4.69, 9.17) is 40.2 Å². The van der Waals surface area contributed by atoms with Crippen molar-refractivity contribution in [3.05, 3.63) is 38.7 Å². The van der Waals surface area contributed by atoms with Gasteiger partial charge in [-0.15, -0.1) is 0 Å². The standard InChI is InChI=1S/C15H13Cl2NO3S2/c1-8(2)21-13(19)7-18-14(20)12(23-15(18)22)6-9-10(16)4-3-5-11(9)17/h3-6,8H,7H2,1-2H3. The van der Waals surface area contributed by atoms with Gasteiger partial charge in [0.2, 0.25) is 0 Å². The van der Waals surface area contributed by atoms with E-state index in [1.807, 2.05) is 0 Å². The number of halogens is 2. The van der Waals surface area contributed by atoms with Crippen LogP contribution in [0.4, 0.5) is 0 Å². The van der Waals surface area contributed by atoms with E-state index in [-0.39, 0.29) is 18.6 Å². The van der Waals surface area contributed by atoms with Gasteiger partial charge in [-0.05, 0) is 32.1 Å². The fraction of sp³-hybridized carbons (Fsp3) is 0.267. The molecule has 0 radical (unpaired) electrons. The molecule has 0 unspecified atom stereocenters. The molecule has 1 aromatic carbocycles. The summed E-state index contributed by atoms with van der Waals surface area (Å²) in [5, 5.41) is 0.865. The molecule has 0 saturated carbocycles. The van der Waals surface area contributed by atoms with Gasteiger partial charge in [0.05, 0.1) is 11.0 Å². The van der Waals surface area contributed by atoms with Crippen LogP contribution in [0.15, 0.2) is 23.1 Å². The summed E-state index contributed by atoms with van der Waals surface area (Å²) in [6.45, 7) is 3.26. The molecule has 0 N–H and O–H groups in total. The number of amides is 1. The Hall–Kier alpha value is -1.08. The fourth-order valence-corrected chi connectivity index (χ4v) is 3.59. The van der Waals surface area contributed by atoms with E-state index in [0.717, 1.165) is 11.8 Å². The molecule has 0 atom stereocenters. The number of hydrogen-bond acceptors (Lipinski definition) is 5. The molecule has 0 aromatic heterocycles. The monoisotopic (exact) mass is 389 g/mol. The Morgan fingerprint density at radius 2 is 2.00 bits per heavy atom. The highest BCUT2D eigenvalue weighted by Crippen LogP contribution is 2.35. The molecule has 4 nitrogen and oxygen atoms in total. The minimum Gasteiger partial charge on any atom is -0.462 e. The Morgan fingerprint density at radius 1 is 1.39 bits per heavy atom. The number of nitrogens with zero attached hydrogens (tertiary/aromatic N) is 1. The van der Waals surface area contributed by atoms with Crippen molar-refractivity contribution in [3.63, 3.8) is 0 Å². The van der Waals surface area contributed by atoms with Gasteiger partial charge in [0.25, 0.3) is 5.91 Å². The zero-order valence-electron chi connectivity index (χ0n) is 12.3. The van der Waals surface area contributed by atoms with Gasteiger partial charge in [0, 0.05) is 15.6 Å². The summed E-state index contributed by atoms with van der Waals surface area (Å²) in [5.41, 5.74) is 0.543. The lowest BCUT2D eigenvalue weighted by Crippen LogP contribution is -2.35. The maximum atomic E-state index is 12.4. The van der Waals surface area contributed by atoms with Crippen molar-refractivity contribution in [2.24, 2.45) is 0 Å². The number of thioether (sulfide) groups is 1. The molecule has 23 heavy (non-hydrogen) atoms. The second kappa shape index (κ2) is 7.66. The first kappa shape index (κ1) is 18.3. The first-order valence-corrected chi connectivity index (χ1v) is 8.66. The molecule has 1 heterocycles. The van der Waals surface area contributed by atoms with E-state index in [1.54, 1.807) is 38.1 Å². The Balaban J connectivity index is 2.21. The number of carbonyl (C=O) groups is 2. The molecule has 1 aliphatic heterocycles. The van der Waals surface area contributed by atoms with E-state index in [2.05, 4.69) is 0 Å². The summed E-state index contributed by atoms with van der Waals surface area (Å²) in [5.74, 6) is -0.870. The van der Waals surface area contributed by atoms with Crippen LogP contribution in [-0.4, -0.2) is 33.7 Å². The normalized spacial score (nSPS) is 16.6. The van der Waals surface area contributed by atoms with Gasteiger partial charge in [-0.25, -0.2) is 0 Å². The molecule has 2 rings (SSSR count). The maximum absolute atomic E-state index is 12.4. The molecule has 1 fully saturated rings. The molecule has 0 spiro atoms. The van der Waals surface area contributed by atoms with Crippen molar-refractivity contribution in [1.29, 1.82) is 0 Å². The lowest BCUT2D eigenvalue weighted by atomic mass is 10.2. The Morgan fingerprint density at radius 3 is 2.57 bits per heavy atom. The molecule has 1 saturated heterocycles. The lowest BCUT2D eigenvalue weighted by Gasteiger charge is -2.14. The Bertz CT molecular complexity index is 684. The first-order chi connectivity index (χ1) is 10.8. The molecule has 122 valence electrons. The van der Waals surface area contributed by atoms with Crippen LogP contribution in [-0.2, 0) is 14.3 Å². The SMILES string of the molecule is CC(C)OC(=O)CN1C(=O)C(=Cc2c(Cl)cccc2Cl)SC1=S. The van der Waals surface area contributed by atoms with Crippen LogP contribution in [0.25, 0.3) is 6.08 Å². The fourth-order valence-electron chi connectivity index (χ4n) is 1.85. The second-order valence-corrected chi connectivity index (χ2v) is 7.43. The number of hydrogen-bond donors (Lipinski definition) is 0. The third-order valence-electron chi connectivity index (χ3n) is 2.80. The van der Waals surface area contributed by atoms with Gasteiger partial charge >= 0.3 is 5.97 Å². The van der Waals surface area contributed by atoms with Crippen LogP contribution in [0.1, 0.15) is 19.4 Å². The summed E-state index contributed by atoms with van der Waals surface area (Å²) < 4.78 is 5.33. The average Bonchev–Trinajstić information content (AvgIpc) is 2.70. The van der Waals surface area contributed by atoms with Crippen LogP contribution >= 0.6 is 47.2 Å². The van der Waals surface area contributed by atoms with Crippen molar-refractivity contribution >= 4 is 69.5 Å². The number of esters is 1. The minimum absolute atomic E-state index is 0.212. The van der Waals surface area contributed by atoms with Gasteiger partial charge in [-0.1, -0.05) is 53.2 Å². The summed E-state index contributed by atoms with van der Waals surface area (Å²) in [6, 6.07) is 5.08. The van der Waals surface area contributed by atoms with E-state index < -0.39 is 5.97 Å². The number of ether oxygens (including phenoxy) is 1. The molecule has 1 amide bonds. The maximum Gasteiger partial charge on any atom is 0.326 e. The number of benzene rings is 1. The summed E-state index contributed by atoms with van der Waals surface area (Å²) in [6.07, 6.45) is 1.33. The van der Waals surface area contributed by atoms with Crippen molar-refractivity contribution < 1.29 is 14.3 Å². The van der Waals surface area contributed by atoms with E-state index in [0.29, 0.717) is 24.8 Å². The van der Waals surface area contributed by atoms with Crippen LogP contribution in [0.5, 0.6) is 0 Å². The number of carbonyl (C=O) groups excluding carboxylic acids is 2. The average molecular weight is 390 g/mol. The third kappa shape index (κ3) is 4.47.